The zero-order valence-electron chi connectivity index (χ0n) is 11.7. The van der Waals surface area contributed by atoms with E-state index in [4.69, 9.17) is 0 Å². The summed E-state index contributed by atoms with van der Waals surface area (Å²) in [7, 11) is -3.53. The highest BCUT2D eigenvalue weighted by atomic mass is 32.2. The van der Waals surface area contributed by atoms with Crippen molar-refractivity contribution in [3.63, 3.8) is 0 Å². The Balaban J connectivity index is 1.72. The van der Waals surface area contributed by atoms with Crippen molar-refractivity contribution in [3.05, 3.63) is 29.8 Å². The van der Waals surface area contributed by atoms with Gasteiger partial charge in [0.05, 0.1) is 11.2 Å². The van der Waals surface area contributed by atoms with Gasteiger partial charge in [-0.2, -0.15) is 0 Å². The molecule has 1 aliphatic carbocycles. The minimum absolute atomic E-state index is 0.357. The Bertz CT molecular complexity index is 636. The topological polar surface area (TPSA) is 63.2 Å². The highest BCUT2D eigenvalue weighted by Crippen LogP contribution is 2.39. The van der Waals surface area contributed by atoms with E-state index < -0.39 is 15.3 Å². The van der Waals surface area contributed by atoms with Gasteiger partial charge in [0.15, 0.2) is 0 Å². The van der Waals surface area contributed by atoms with Crippen LogP contribution in [0.3, 0.4) is 0 Å². The first-order valence-corrected chi connectivity index (χ1v) is 9.88. The van der Waals surface area contributed by atoms with Gasteiger partial charge in [-0.05, 0) is 24.5 Å². The Kier molecular flexibility index (Phi) is 4.26. The molecule has 1 aliphatic heterocycles. The molecule has 1 fully saturated rings. The van der Waals surface area contributed by atoms with Gasteiger partial charge < -0.3 is 0 Å². The van der Waals surface area contributed by atoms with E-state index in [2.05, 4.69) is 4.72 Å². The molecule has 1 heterocycles. The molecule has 1 aromatic carbocycles. The van der Waals surface area contributed by atoms with Gasteiger partial charge >= 0.3 is 0 Å². The average molecular weight is 325 g/mol. The largest absolute Gasteiger partial charge is 0.273 e. The van der Waals surface area contributed by atoms with Crippen molar-refractivity contribution >= 4 is 27.7 Å². The second kappa shape index (κ2) is 6.01. The van der Waals surface area contributed by atoms with Crippen molar-refractivity contribution < 1.29 is 13.2 Å². The van der Waals surface area contributed by atoms with Gasteiger partial charge in [0.1, 0.15) is 0 Å². The highest BCUT2D eigenvalue weighted by molar-refractivity contribution is 7.99. The van der Waals surface area contributed by atoms with Gasteiger partial charge in [-0.1, -0.05) is 37.5 Å². The van der Waals surface area contributed by atoms with E-state index in [1.165, 1.54) is 0 Å². The number of carbonyl (C=O) groups excluding carboxylic acids is 1. The fraction of sp³-hybridized carbons (Fsp3) is 0.533. The zero-order chi connectivity index (χ0) is 14.9. The molecule has 0 saturated heterocycles. The molecule has 3 rings (SSSR count). The summed E-state index contributed by atoms with van der Waals surface area (Å²) in [5.74, 6) is -0.117. The minimum atomic E-state index is -3.53. The van der Waals surface area contributed by atoms with Crippen LogP contribution in [0.1, 0.15) is 43.6 Å². The summed E-state index contributed by atoms with van der Waals surface area (Å²) in [6.45, 7) is 0. The maximum Gasteiger partial charge on any atom is 0.241 e. The fourth-order valence-corrected chi connectivity index (χ4v) is 5.82. The number of carbonyl (C=O) groups is 1. The van der Waals surface area contributed by atoms with Crippen LogP contribution in [0.5, 0.6) is 0 Å². The van der Waals surface area contributed by atoms with Gasteiger partial charge in [-0.15, -0.1) is 11.8 Å². The van der Waals surface area contributed by atoms with Crippen molar-refractivity contribution in [2.75, 3.05) is 5.75 Å². The predicted octanol–water partition coefficient (Wildman–Crippen LogP) is 2.65. The predicted molar refractivity (Wildman–Crippen MR) is 83.8 cm³/mol. The third-order valence-corrected chi connectivity index (χ3v) is 7.27. The smallest absolute Gasteiger partial charge is 0.241 e. The van der Waals surface area contributed by atoms with E-state index in [-0.39, 0.29) is 11.8 Å². The maximum absolute atomic E-state index is 12.4. The first kappa shape index (κ1) is 14.9. The van der Waals surface area contributed by atoms with Crippen LogP contribution in [0.15, 0.2) is 29.2 Å². The van der Waals surface area contributed by atoms with Crippen LogP contribution >= 0.6 is 11.8 Å². The Labute approximate surface area is 129 Å². The molecule has 1 atom stereocenters. The Morgan fingerprint density at radius 2 is 1.86 bits per heavy atom. The molecule has 114 valence electrons. The van der Waals surface area contributed by atoms with E-state index in [1.807, 2.05) is 24.3 Å². The highest BCUT2D eigenvalue weighted by Gasteiger charge is 2.34. The molecule has 4 nitrogen and oxygen atoms in total. The number of amides is 1. The Hall–Kier alpha value is -1.01. The number of hydrogen-bond donors (Lipinski definition) is 1. The molecule has 0 unspecified atom stereocenters. The normalized spacial score (nSPS) is 22.8. The number of sulfonamides is 1. The molecule has 0 aromatic heterocycles. The van der Waals surface area contributed by atoms with Gasteiger partial charge in [0.25, 0.3) is 0 Å². The summed E-state index contributed by atoms with van der Waals surface area (Å²) in [5, 5.41) is -0.403. The average Bonchev–Trinajstić information content (AvgIpc) is 2.92. The SMILES string of the molecule is O=C(NS(=O)(=O)C1CCCCC1)[C@@H]1CSc2ccccc21. The van der Waals surface area contributed by atoms with Crippen LogP contribution in [0.4, 0.5) is 0 Å². The lowest BCUT2D eigenvalue weighted by Crippen LogP contribution is -2.41. The van der Waals surface area contributed by atoms with Crippen LogP contribution in [-0.4, -0.2) is 25.3 Å². The first-order chi connectivity index (χ1) is 10.1. The summed E-state index contributed by atoms with van der Waals surface area (Å²) in [6, 6.07) is 7.71. The Morgan fingerprint density at radius 3 is 2.62 bits per heavy atom. The van der Waals surface area contributed by atoms with Crippen LogP contribution in [0.2, 0.25) is 0 Å². The molecule has 0 spiro atoms. The number of fused-ring (bicyclic) bond motifs is 1. The molecular weight excluding hydrogens is 306 g/mol. The molecule has 2 aliphatic rings. The molecule has 21 heavy (non-hydrogen) atoms. The second-order valence-electron chi connectivity index (χ2n) is 5.67. The lowest BCUT2D eigenvalue weighted by Gasteiger charge is -2.22. The second-order valence-corrected chi connectivity index (χ2v) is 8.70. The molecule has 6 heteroatoms. The first-order valence-electron chi connectivity index (χ1n) is 7.35. The van der Waals surface area contributed by atoms with Crippen LogP contribution in [0, 0.1) is 0 Å². The number of nitrogens with one attached hydrogen (secondary N) is 1. The number of hydrogen-bond acceptors (Lipinski definition) is 4. The number of rotatable bonds is 3. The third-order valence-electron chi connectivity index (χ3n) is 4.25. The Morgan fingerprint density at radius 1 is 1.14 bits per heavy atom. The lowest BCUT2D eigenvalue weighted by atomic mass is 10.0. The fourth-order valence-electron chi connectivity index (χ4n) is 3.05. The molecule has 1 saturated carbocycles. The van der Waals surface area contributed by atoms with Crippen molar-refractivity contribution in [2.24, 2.45) is 0 Å². The van der Waals surface area contributed by atoms with E-state index in [0.717, 1.165) is 29.7 Å². The van der Waals surface area contributed by atoms with Crippen molar-refractivity contribution in [2.45, 2.75) is 48.2 Å². The summed E-state index contributed by atoms with van der Waals surface area (Å²) in [5.41, 5.74) is 0.943. The van der Waals surface area contributed by atoms with Crippen molar-refractivity contribution in [1.29, 1.82) is 0 Å². The van der Waals surface area contributed by atoms with Crippen LogP contribution < -0.4 is 4.72 Å². The van der Waals surface area contributed by atoms with Gasteiger partial charge in [0.2, 0.25) is 15.9 Å². The zero-order valence-corrected chi connectivity index (χ0v) is 13.4. The maximum atomic E-state index is 12.4. The van der Waals surface area contributed by atoms with E-state index in [0.29, 0.717) is 18.6 Å². The van der Waals surface area contributed by atoms with Gasteiger partial charge in [0, 0.05) is 10.6 Å². The van der Waals surface area contributed by atoms with Crippen molar-refractivity contribution in [1.82, 2.24) is 4.72 Å². The molecule has 0 bridgehead atoms. The molecule has 1 aromatic rings. The summed E-state index contributed by atoms with van der Waals surface area (Å²) in [4.78, 5) is 13.4. The summed E-state index contributed by atoms with van der Waals surface area (Å²) >= 11 is 1.61. The molecule has 0 radical (unpaired) electrons. The summed E-state index contributed by atoms with van der Waals surface area (Å²) < 4.78 is 27.0. The minimum Gasteiger partial charge on any atom is -0.273 e. The third kappa shape index (κ3) is 3.11. The molecular formula is C15H19NO3S2. The molecule has 1 amide bonds. The van der Waals surface area contributed by atoms with E-state index in [1.54, 1.807) is 11.8 Å². The van der Waals surface area contributed by atoms with Crippen molar-refractivity contribution in [3.8, 4) is 0 Å². The van der Waals surface area contributed by atoms with E-state index in [9.17, 15) is 13.2 Å². The molecule has 1 N–H and O–H groups in total. The lowest BCUT2D eigenvalue weighted by molar-refractivity contribution is -0.120. The number of benzene rings is 1. The number of thioether (sulfide) groups is 1. The van der Waals surface area contributed by atoms with E-state index >= 15 is 0 Å². The van der Waals surface area contributed by atoms with Crippen LogP contribution in [0.25, 0.3) is 0 Å². The summed E-state index contributed by atoms with van der Waals surface area (Å²) in [6.07, 6.45) is 4.29. The van der Waals surface area contributed by atoms with Gasteiger partial charge in [-0.25, -0.2) is 8.42 Å². The van der Waals surface area contributed by atoms with Gasteiger partial charge in [-0.3, -0.25) is 9.52 Å². The monoisotopic (exact) mass is 325 g/mol. The van der Waals surface area contributed by atoms with Crippen LogP contribution in [-0.2, 0) is 14.8 Å². The quantitative estimate of drug-likeness (QED) is 0.928. The standard InChI is InChI=1S/C15H19NO3S2/c17-15(13-10-20-14-9-5-4-8-12(13)14)16-21(18,19)11-6-2-1-3-7-11/h4-5,8-9,11,13H,1-3,6-7,10H2,(H,16,17)/t13-/m1/s1.